The molecule has 1 aromatic rings. The number of benzene rings is 1. The fourth-order valence-corrected chi connectivity index (χ4v) is 3.55. The molecular weight excluding hydrogens is 302 g/mol. The number of carbonyl (C=O) groups excluding carboxylic acids is 1. The summed E-state index contributed by atoms with van der Waals surface area (Å²) in [5.74, 6) is 0.120. The molecule has 0 aromatic heterocycles. The summed E-state index contributed by atoms with van der Waals surface area (Å²) < 4.78 is 6.02. The van der Waals surface area contributed by atoms with Gasteiger partial charge in [0.15, 0.2) is 0 Å². The molecule has 5 heteroatoms. The van der Waals surface area contributed by atoms with E-state index >= 15 is 0 Å². The highest BCUT2D eigenvalue weighted by Gasteiger charge is 2.24. The topological polar surface area (TPSA) is 58.8 Å². The Morgan fingerprint density at radius 3 is 2.38 bits per heavy atom. The molecule has 0 spiro atoms. The van der Waals surface area contributed by atoms with Gasteiger partial charge in [0, 0.05) is 31.7 Å². The van der Waals surface area contributed by atoms with Gasteiger partial charge in [-0.1, -0.05) is 12.1 Å². The molecule has 2 aliphatic heterocycles. The molecule has 132 valence electrons. The molecule has 0 saturated carbocycles. The van der Waals surface area contributed by atoms with Crippen LogP contribution in [0.25, 0.3) is 0 Å². The Morgan fingerprint density at radius 2 is 1.75 bits per heavy atom. The van der Waals surface area contributed by atoms with Crippen LogP contribution in [0.4, 0.5) is 0 Å². The molecule has 1 aromatic carbocycles. The number of ether oxygens (including phenoxy) is 1. The molecule has 0 radical (unpaired) electrons. The van der Waals surface area contributed by atoms with Crippen LogP contribution in [0, 0.1) is 0 Å². The highest BCUT2D eigenvalue weighted by Crippen LogP contribution is 2.17. The highest BCUT2D eigenvalue weighted by molar-refractivity contribution is 5.94. The first-order valence-electron chi connectivity index (χ1n) is 9.18. The lowest BCUT2D eigenvalue weighted by molar-refractivity contribution is 0.00208. The van der Waals surface area contributed by atoms with Gasteiger partial charge in [0.1, 0.15) is 0 Å². The lowest BCUT2D eigenvalue weighted by Gasteiger charge is -2.32. The maximum absolute atomic E-state index is 12.5. The Kier molecular flexibility index (Phi) is 6.24. The van der Waals surface area contributed by atoms with Crippen molar-refractivity contribution in [1.82, 2.24) is 9.80 Å². The van der Waals surface area contributed by atoms with Crippen molar-refractivity contribution in [3.8, 4) is 0 Å². The summed E-state index contributed by atoms with van der Waals surface area (Å²) in [6.45, 7) is 6.39. The zero-order valence-corrected chi connectivity index (χ0v) is 14.5. The number of nitrogens with zero attached hydrogens (tertiary/aromatic N) is 2. The second-order valence-electron chi connectivity index (χ2n) is 6.81. The number of nitrogens with two attached hydrogens (primary N) is 1. The SMILES string of the molecule is NCc1ccc(C(=O)N2CCC(OCCN3CCCC3)CC2)cc1. The van der Waals surface area contributed by atoms with E-state index < -0.39 is 0 Å². The monoisotopic (exact) mass is 331 g/mol. The van der Waals surface area contributed by atoms with Crippen molar-refractivity contribution in [2.24, 2.45) is 5.73 Å². The van der Waals surface area contributed by atoms with Crippen LogP contribution in [0.1, 0.15) is 41.6 Å². The molecule has 5 nitrogen and oxygen atoms in total. The van der Waals surface area contributed by atoms with Crippen LogP contribution in [0.15, 0.2) is 24.3 Å². The molecule has 2 fully saturated rings. The molecule has 24 heavy (non-hydrogen) atoms. The zero-order valence-electron chi connectivity index (χ0n) is 14.5. The Morgan fingerprint density at radius 1 is 1.08 bits per heavy atom. The van der Waals surface area contributed by atoms with E-state index in [0.29, 0.717) is 12.6 Å². The maximum Gasteiger partial charge on any atom is 0.253 e. The number of hydrogen-bond acceptors (Lipinski definition) is 4. The van der Waals surface area contributed by atoms with Crippen molar-refractivity contribution in [3.05, 3.63) is 35.4 Å². The Balaban J connectivity index is 1.39. The summed E-state index contributed by atoms with van der Waals surface area (Å²) in [6.07, 6.45) is 4.83. The summed E-state index contributed by atoms with van der Waals surface area (Å²) in [4.78, 5) is 17.0. The van der Waals surface area contributed by atoms with Gasteiger partial charge in [-0.3, -0.25) is 4.79 Å². The van der Waals surface area contributed by atoms with Gasteiger partial charge in [0.05, 0.1) is 12.7 Å². The van der Waals surface area contributed by atoms with Crippen LogP contribution >= 0.6 is 0 Å². The molecule has 0 atom stereocenters. The minimum atomic E-state index is 0.120. The molecule has 0 bridgehead atoms. The Hall–Kier alpha value is -1.43. The van der Waals surface area contributed by atoms with E-state index in [9.17, 15) is 4.79 Å². The van der Waals surface area contributed by atoms with Gasteiger partial charge in [-0.15, -0.1) is 0 Å². The molecule has 2 heterocycles. The molecule has 2 saturated heterocycles. The average Bonchev–Trinajstić information content (AvgIpc) is 3.15. The van der Waals surface area contributed by atoms with Crippen LogP contribution in [-0.4, -0.2) is 61.1 Å². The van der Waals surface area contributed by atoms with Gasteiger partial charge in [0.25, 0.3) is 5.91 Å². The minimum Gasteiger partial charge on any atom is -0.377 e. The summed E-state index contributed by atoms with van der Waals surface area (Å²) in [7, 11) is 0. The Labute approximate surface area is 144 Å². The van der Waals surface area contributed by atoms with Gasteiger partial charge in [-0.2, -0.15) is 0 Å². The first kappa shape index (κ1) is 17.4. The van der Waals surface area contributed by atoms with E-state index in [-0.39, 0.29) is 5.91 Å². The largest absolute Gasteiger partial charge is 0.377 e. The van der Waals surface area contributed by atoms with Gasteiger partial charge in [-0.05, 0) is 56.5 Å². The van der Waals surface area contributed by atoms with Gasteiger partial charge in [-0.25, -0.2) is 0 Å². The lowest BCUT2D eigenvalue weighted by Crippen LogP contribution is -2.41. The quantitative estimate of drug-likeness (QED) is 0.864. The third-order valence-electron chi connectivity index (χ3n) is 5.13. The number of likely N-dealkylation sites (tertiary alicyclic amines) is 2. The van der Waals surface area contributed by atoms with Crippen LogP contribution in [0.2, 0.25) is 0 Å². The second kappa shape index (κ2) is 8.60. The van der Waals surface area contributed by atoms with Crippen molar-refractivity contribution >= 4 is 5.91 Å². The van der Waals surface area contributed by atoms with Crippen molar-refractivity contribution in [3.63, 3.8) is 0 Å². The molecule has 1 amide bonds. The van der Waals surface area contributed by atoms with E-state index in [2.05, 4.69) is 4.90 Å². The predicted octanol–water partition coefficient (Wildman–Crippen LogP) is 1.86. The molecule has 2 N–H and O–H groups in total. The molecule has 2 aliphatic rings. The summed E-state index contributed by atoms with van der Waals surface area (Å²) in [5, 5.41) is 0. The van der Waals surface area contributed by atoms with Crippen molar-refractivity contribution in [2.45, 2.75) is 38.3 Å². The van der Waals surface area contributed by atoms with E-state index in [4.69, 9.17) is 10.5 Å². The highest BCUT2D eigenvalue weighted by atomic mass is 16.5. The molecule has 0 aliphatic carbocycles. The molecule has 3 rings (SSSR count). The van der Waals surface area contributed by atoms with Gasteiger partial charge in [0.2, 0.25) is 0 Å². The summed E-state index contributed by atoms with van der Waals surface area (Å²) in [5.41, 5.74) is 7.40. The summed E-state index contributed by atoms with van der Waals surface area (Å²) in [6, 6.07) is 7.62. The van der Waals surface area contributed by atoms with Crippen LogP contribution < -0.4 is 5.73 Å². The number of carbonyl (C=O) groups is 1. The Bertz CT molecular complexity index is 518. The predicted molar refractivity (Wildman–Crippen MR) is 94.9 cm³/mol. The first-order valence-corrected chi connectivity index (χ1v) is 9.18. The van der Waals surface area contributed by atoms with Crippen LogP contribution in [0.5, 0.6) is 0 Å². The normalized spacial score (nSPS) is 19.8. The fraction of sp³-hybridized carbons (Fsp3) is 0.632. The van der Waals surface area contributed by atoms with E-state index in [1.807, 2.05) is 29.2 Å². The molecule has 0 unspecified atom stereocenters. The number of piperidine rings is 1. The van der Waals surface area contributed by atoms with Gasteiger partial charge >= 0.3 is 0 Å². The third-order valence-corrected chi connectivity index (χ3v) is 5.13. The number of amides is 1. The van der Waals surface area contributed by atoms with E-state index in [1.54, 1.807) is 0 Å². The van der Waals surface area contributed by atoms with Crippen LogP contribution in [0.3, 0.4) is 0 Å². The minimum absolute atomic E-state index is 0.120. The number of hydrogen-bond donors (Lipinski definition) is 1. The standard InChI is InChI=1S/C19H29N3O2/c20-15-16-3-5-17(6-4-16)19(23)22-11-7-18(8-12-22)24-14-13-21-9-1-2-10-21/h3-6,18H,1-2,7-15,20H2. The van der Waals surface area contributed by atoms with Crippen molar-refractivity contribution in [2.75, 3.05) is 39.3 Å². The summed E-state index contributed by atoms with van der Waals surface area (Å²) >= 11 is 0. The first-order chi connectivity index (χ1) is 11.8. The fourth-order valence-electron chi connectivity index (χ4n) is 3.55. The lowest BCUT2D eigenvalue weighted by atomic mass is 10.1. The number of rotatable bonds is 6. The van der Waals surface area contributed by atoms with E-state index in [0.717, 1.165) is 50.2 Å². The van der Waals surface area contributed by atoms with Crippen molar-refractivity contribution in [1.29, 1.82) is 0 Å². The third kappa shape index (κ3) is 4.56. The van der Waals surface area contributed by atoms with Gasteiger partial charge < -0.3 is 20.3 Å². The smallest absolute Gasteiger partial charge is 0.253 e. The second-order valence-corrected chi connectivity index (χ2v) is 6.81. The van der Waals surface area contributed by atoms with Crippen molar-refractivity contribution < 1.29 is 9.53 Å². The van der Waals surface area contributed by atoms with Crippen LogP contribution in [-0.2, 0) is 11.3 Å². The molecular formula is C19H29N3O2. The zero-order chi connectivity index (χ0) is 16.8. The average molecular weight is 331 g/mol. The maximum atomic E-state index is 12.5. The van der Waals surface area contributed by atoms with E-state index in [1.165, 1.54) is 25.9 Å².